The second kappa shape index (κ2) is 2.97. The Bertz CT molecular complexity index is 272. The Morgan fingerprint density at radius 2 is 2.07 bits per heavy atom. The first-order chi connectivity index (χ1) is 7.08. The van der Waals surface area contributed by atoms with Crippen molar-refractivity contribution in [2.75, 3.05) is 13.1 Å². The molecule has 0 aromatic heterocycles. The largest absolute Gasteiger partial charge is 0.294 e. The predicted octanol–water partition coefficient (Wildman–Crippen LogP) is 3.00. The molecule has 2 saturated heterocycles. The zero-order valence-corrected chi connectivity index (χ0v) is 9.93. The molecule has 2 aliphatic heterocycles. The van der Waals surface area contributed by atoms with E-state index in [2.05, 4.69) is 18.7 Å². The molecule has 2 atom stereocenters. The van der Waals surface area contributed by atoms with Crippen LogP contribution in [0.1, 0.15) is 46.0 Å². The quantitative estimate of drug-likeness (QED) is 0.678. The summed E-state index contributed by atoms with van der Waals surface area (Å²) in [5.74, 6) is 0.702. The highest BCUT2D eigenvalue weighted by atomic mass is 19.1. The topological polar surface area (TPSA) is 3.24 Å². The fraction of sp³-hybridized carbons (Fsp3) is 1.00. The minimum atomic E-state index is -0.554. The van der Waals surface area contributed by atoms with Gasteiger partial charge in [-0.1, -0.05) is 13.8 Å². The summed E-state index contributed by atoms with van der Waals surface area (Å²) in [6.07, 6.45) is 5.55. The lowest BCUT2D eigenvalue weighted by molar-refractivity contribution is 0.107. The normalized spacial score (nSPS) is 42.8. The zero-order chi connectivity index (χ0) is 10.7. The number of rotatable bonds is 2. The minimum Gasteiger partial charge on any atom is -0.294 e. The molecule has 1 saturated carbocycles. The molecule has 1 spiro atoms. The van der Waals surface area contributed by atoms with Gasteiger partial charge in [0.15, 0.2) is 0 Å². The third-order valence-corrected chi connectivity index (χ3v) is 5.03. The second-order valence-electron chi connectivity index (χ2n) is 6.41. The molecule has 86 valence electrons. The van der Waals surface area contributed by atoms with E-state index in [1.54, 1.807) is 0 Å². The van der Waals surface area contributed by atoms with Gasteiger partial charge in [0.1, 0.15) is 6.17 Å². The van der Waals surface area contributed by atoms with Crippen LogP contribution < -0.4 is 0 Å². The van der Waals surface area contributed by atoms with E-state index >= 15 is 0 Å². The summed E-state index contributed by atoms with van der Waals surface area (Å²) in [4.78, 5) is 2.49. The Morgan fingerprint density at radius 1 is 1.33 bits per heavy atom. The highest BCUT2D eigenvalue weighted by Crippen LogP contribution is 2.67. The third kappa shape index (κ3) is 1.23. The van der Waals surface area contributed by atoms with Gasteiger partial charge in [0.25, 0.3) is 0 Å². The smallest absolute Gasteiger partial charge is 0.115 e. The van der Waals surface area contributed by atoms with Gasteiger partial charge in [0.05, 0.1) is 0 Å². The van der Waals surface area contributed by atoms with Gasteiger partial charge in [0, 0.05) is 12.1 Å². The van der Waals surface area contributed by atoms with E-state index in [-0.39, 0.29) is 5.54 Å². The van der Waals surface area contributed by atoms with Gasteiger partial charge < -0.3 is 0 Å². The van der Waals surface area contributed by atoms with Crippen molar-refractivity contribution in [3.05, 3.63) is 0 Å². The molecule has 3 rings (SSSR count). The van der Waals surface area contributed by atoms with Crippen LogP contribution in [0.15, 0.2) is 0 Å². The van der Waals surface area contributed by atoms with Gasteiger partial charge in [0.2, 0.25) is 0 Å². The van der Waals surface area contributed by atoms with Crippen molar-refractivity contribution in [1.82, 2.24) is 4.90 Å². The average Bonchev–Trinajstić information content (AvgIpc) is 2.78. The summed E-state index contributed by atoms with van der Waals surface area (Å²) in [6.45, 7) is 6.45. The molecule has 15 heavy (non-hydrogen) atoms. The first-order valence-electron chi connectivity index (χ1n) is 6.47. The van der Waals surface area contributed by atoms with E-state index in [0.717, 1.165) is 13.0 Å². The van der Waals surface area contributed by atoms with Crippen LogP contribution >= 0.6 is 0 Å². The van der Waals surface area contributed by atoms with E-state index in [9.17, 15) is 4.39 Å². The SMILES string of the molecule is CC(C)C[C@]12C[C@@H](F)CN1CCC21CC1. The summed E-state index contributed by atoms with van der Waals surface area (Å²) in [5.41, 5.74) is 0.804. The highest BCUT2D eigenvalue weighted by Gasteiger charge is 2.67. The molecule has 2 heteroatoms. The van der Waals surface area contributed by atoms with E-state index < -0.39 is 6.17 Å². The van der Waals surface area contributed by atoms with E-state index in [1.807, 2.05) is 0 Å². The van der Waals surface area contributed by atoms with E-state index in [4.69, 9.17) is 0 Å². The van der Waals surface area contributed by atoms with Gasteiger partial charge in [-0.3, -0.25) is 4.90 Å². The molecule has 0 bridgehead atoms. The van der Waals surface area contributed by atoms with Crippen LogP contribution in [0.3, 0.4) is 0 Å². The molecule has 0 aromatic carbocycles. The Hall–Kier alpha value is -0.110. The number of halogens is 1. The lowest BCUT2D eigenvalue weighted by Gasteiger charge is -2.39. The van der Waals surface area contributed by atoms with Gasteiger partial charge in [-0.2, -0.15) is 0 Å². The molecule has 1 nitrogen and oxygen atoms in total. The van der Waals surface area contributed by atoms with Crippen LogP contribution in [0.5, 0.6) is 0 Å². The monoisotopic (exact) mass is 211 g/mol. The van der Waals surface area contributed by atoms with Crippen LogP contribution in [-0.2, 0) is 0 Å². The summed E-state index contributed by atoms with van der Waals surface area (Å²) in [6, 6.07) is 0. The molecule has 0 amide bonds. The Labute approximate surface area is 92.0 Å². The molecular weight excluding hydrogens is 189 g/mol. The molecule has 2 heterocycles. The third-order valence-electron chi connectivity index (χ3n) is 5.03. The standard InChI is InChI=1S/C13H22FN/c1-10(2)7-13-8-11(14)9-15(13)6-5-12(13)3-4-12/h10-11H,3-9H2,1-2H3/t11-,13-/m1/s1. The van der Waals surface area contributed by atoms with Gasteiger partial charge >= 0.3 is 0 Å². The van der Waals surface area contributed by atoms with Crippen LogP contribution in [0.4, 0.5) is 4.39 Å². The molecule has 0 radical (unpaired) electrons. The predicted molar refractivity (Wildman–Crippen MR) is 59.6 cm³/mol. The molecule has 1 aliphatic carbocycles. The minimum absolute atomic E-state index is 0.264. The van der Waals surface area contributed by atoms with Crippen molar-refractivity contribution >= 4 is 0 Å². The molecule has 3 aliphatic rings. The maximum Gasteiger partial charge on any atom is 0.115 e. The lowest BCUT2D eigenvalue weighted by atomic mass is 9.74. The molecule has 0 aromatic rings. The van der Waals surface area contributed by atoms with Crippen molar-refractivity contribution < 1.29 is 4.39 Å². The number of nitrogens with zero attached hydrogens (tertiary/aromatic N) is 1. The van der Waals surface area contributed by atoms with E-state index in [1.165, 1.54) is 25.7 Å². The zero-order valence-electron chi connectivity index (χ0n) is 9.93. The van der Waals surface area contributed by atoms with Crippen LogP contribution in [-0.4, -0.2) is 29.7 Å². The van der Waals surface area contributed by atoms with Gasteiger partial charge in [-0.05, 0) is 50.0 Å². The Kier molecular flexibility index (Phi) is 1.99. The fourth-order valence-corrected chi connectivity index (χ4v) is 4.38. The van der Waals surface area contributed by atoms with Crippen molar-refractivity contribution in [2.24, 2.45) is 11.3 Å². The molecular formula is C13H22FN. The summed E-state index contributed by atoms with van der Waals surface area (Å²) < 4.78 is 13.7. The average molecular weight is 211 g/mol. The maximum atomic E-state index is 13.7. The second-order valence-corrected chi connectivity index (χ2v) is 6.41. The van der Waals surface area contributed by atoms with Gasteiger partial charge in [-0.15, -0.1) is 0 Å². The number of hydrogen-bond donors (Lipinski definition) is 0. The van der Waals surface area contributed by atoms with Crippen LogP contribution in [0.2, 0.25) is 0 Å². The number of alkyl halides is 1. The van der Waals surface area contributed by atoms with Crippen LogP contribution in [0.25, 0.3) is 0 Å². The summed E-state index contributed by atoms with van der Waals surface area (Å²) in [5, 5.41) is 0. The van der Waals surface area contributed by atoms with Crippen molar-refractivity contribution in [2.45, 2.75) is 57.7 Å². The highest BCUT2D eigenvalue weighted by molar-refractivity contribution is 5.21. The molecule has 0 unspecified atom stereocenters. The molecule has 0 N–H and O–H groups in total. The van der Waals surface area contributed by atoms with Gasteiger partial charge in [-0.25, -0.2) is 4.39 Å². The summed E-state index contributed by atoms with van der Waals surface area (Å²) >= 11 is 0. The molecule has 3 fully saturated rings. The van der Waals surface area contributed by atoms with Crippen LogP contribution in [0, 0.1) is 11.3 Å². The van der Waals surface area contributed by atoms with Crippen molar-refractivity contribution in [3.63, 3.8) is 0 Å². The number of hydrogen-bond acceptors (Lipinski definition) is 1. The van der Waals surface area contributed by atoms with Crippen molar-refractivity contribution in [3.8, 4) is 0 Å². The van der Waals surface area contributed by atoms with Crippen molar-refractivity contribution in [1.29, 1.82) is 0 Å². The lowest BCUT2D eigenvalue weighted by Crippen LogP contribution is -2.45. The maximum absolute atomic E-state index is 13.7. The first kappa shape index (κ1) is 10.1. The van der Waals surface area contributed by atoms with E-state index in [0.29, 0.717) is 17.9 Å². The summed E-state index contributed by atoms with van der Waals surface area (Å²) in [7, 11) is 0. The first-order valence-corrected chi connectivity index (χ1v) is 6.47. The Morgan fingerprint density at radius 3 is 2.67 bits per heavy atom. The Balaban J connectivity index is 1.91. The number of fused-ring (bicyclic) bond motifs is 2. The fourth-order valence-electron chi connectivity index (χ4n) is 4.38.